The third-order valence-electron chi connectivity index (χ3n) is 5.64. The third-order valence-corrected chi connectivity index (χ3v) is 7.78. The van der Waals surface area contributed by atoms with Gasteiger partial charge in [-0.2, -0.15) is 0 Å². The van der Waals surface area contributed by atoms with Gasteiger partial charge in [0.05, 0.1) is 18.7 Å². The molecule has 0 amide bonds. The van der Waals surface area contributed by atoms with Crippen LogP contribution in [0.25, 0.3) is 26.5 Å². The van der Waals surface area contributed by atoms with Gasteiger partial charge < -0.3 is 4.74 Å². The predicted octanol–water partition coefficient (Wildman–Crippen LogP) is 6.78. The Bertz CT molecular complexity index is 1540. The number of thiophene rings is 1. The zero-order valence-corrected chi connectivity index (χ0v) is 21.1. The van der Waals surface area contributed by atoms with Gasteiger partial charge >= 0.3 is 0 Å². The molecule has 176 valence electrons. The zero-order chi connectivity index (χ0) is 24.2. The smallest absolute Gasteiger partial charge is 0.272 e. The summed E-state index contributed by atoms with van der Waals surface area (Å²) in [6, 6.07) is 20.1. The van der Waals surface area contributed by atoms with Gasteiger partial charge in [-0.25, -0.2) is 9.97 Å². The van der Waals surface area contributed by atoms with E-state index >= 15 is 0 Å². The molecule has 0 radical (unpaired) electrons. The fraction of sp³-hybridized carbons (Fsp3) is 0.179. The van der Waals surface area contributed by atoms with Gasteiger partial charge in [0, 0.05) is 17.3 Å². The average molecular weight is 500 g/mol. The summed E-state index contributed by atoms with van der Waals surface area (Å²) in [4.78, 5) is 23.9. The van der Waals surface area contributed by atoms with E-state index in [2.05, 4.69) is 30.6 Å². The monoisotopic (exact) mass is 499 g/mol. The Morgan fingerprint density at radius 1 is 1.09 bits per heavy atom. The highest BCUT2D eigenvalue weighted by Crippen LogP contribution is 2.31. The number of benzene rings is 2. The van der Waals surface area contributed by atoms with Gasteiger partial charge in [-0.05, 0) is 47.4 Å². The quantitative estimate of drug-likeness (QED) is 0.165. The lowest BCUT2D eigenvalue weighted by atomic mass is 10.1. The van der Waals surface area contributed by atoms with Crippen LogP contribution in [-0.4, -0.2) is 21.1 Å². The molecule has 0 atom stereocenters. The third kappa shape index (κ3) is 5.01. The Hall–Kier alpha value is -3.42. The van der Waals surface area contributed by atoms with Crippen molar-refractivity contribution in [3.05, 3.63) is 100 Å². The van der Waals surface area contributed by atoms with E-state index < -0.39 is 0 Å². The summed E-state index contributed by atoms with van der Waals surface area (Å²) in [5, 5.41) is 1.62. The van der Waals surface area contributed by atoms with E-state index in [-0.39, 0.29) is 5.56 Å². The molecule has 0 fully saturated rings. The molecular formula is C28H25N3O2S2. The number of hydrogen-bond acceptors (Lipinski definition) is 6. The highest BCUT2D eigenvalue weighted by atomic mass is 32.2. The lowest BCUT2D eigenvalue weighted by Gasteiger charge is -2.13. The van der Waals surface area contributed by atoms with Crippen molar-refractivity contribution in [1.82, 2.24) is 14.5 Å². The average Bonchev–Trinajstić information content (AvgIpc) is 3.28. The van der Waals surface area contributed by atoms with Crippen LogP contribution in [0.5, 0.6) is 5.75 Å². The zero-order valence-electron chi connectivity index (χ0n) is 19.4. The molecule has 5 rings (SSSR count). The maximum atomic E-state index is 13.7. The molecule has 0 N–H and O–H groups in total. The van der Waals surface area contributed by atoms with Crippen molar-refractivity contribution >= 4 is 49.6 Å². The van der Waals surface area contributed by atoms with Crippen LogP contribution < -0.4 is 10.3 Å². The number of rotatable bonds is 9. The molecule has 0 spiro atoms. The summed E-state index contributed by atoms with van der Waals surface area (Å²) in [6.07, 6.45) is 4.54. The molecule has 7 heteroatoms. The molecule has 3 aromatic heterocycles. The number of hydrogen-bond donors (Lipinski definition) is 0. The molecule has 0 aliphatic heterocycles. The van der Waals surface area contributed by atoms with Gasteiger partial charge in [0.2, 0.25) is 0 Å². The van der Waals surface area contributed by atoms with E-state index in [1.807, 2.05) is 54.6 Å². The van der Waals surface area contributed by atoms with Gasteiger partial charge in [0.25, 0.3) is 5.56 Å². The van der Waals surface area contributed by atoms with Crippen LogP contribution in [0.2, 0.25) is 0 Å². The van der Waals surface area contributed by atoms with Crippen LogP contribution in [0.3, 0.4) is 0 Å². The Balaban J connectivity index is 1.53. The molecule has 0 unspecified atom stereocenters. The topological polar surface area (TPSA) is 57.0 Å². The highest BCUT2D eigenvalue weighted by Gasteiger charge is 2.17. The number of thioether (sulfide) groups is 1. The minimum atomic E-state index is -0.0335. The lowest BCUT2D eigenvalue weighted by molar-refractivity contribution is 0.317. The molecule has 0 bridgehead atoms. The van der Waals surface area contributed by atoms with E-state index in [0.29, 0.717) is 28.8 Å². The maximum Gasteiger partial charge on any atom is 0.272 e. The second-order valence-electron chi connectivity index (χ2n) is 8.15. The van der Waals surface area contributed by atoms with Crippen molar-refractivity contribution in [2.75, 3.05) is 6.61 Å². The van der Waals surface area contributed by atoms with Crippen molar-refractivity contribution in [3.8, 4) is 5.75 Å². The first-order chi connectivity index (χ1) is 17.2. The van der Waals surface area contributed by atoms with Crippen molar-refractivity contribution in [2.45, 2.75) is 30.8 Å². The van der Waals surface area contributed by atoms with E-state index in [0.717, 1.165) is 44.6 Å². The van der Waals surface area contributed by atoms with E-state index in [9.17, 15) is 4.79 Å². The molecule has 0 aliphatic rings. The summed E-state index contributed by atoms with van der Waals surface area (Å²) in [5.74, 6) is 1.55. The summed E-state index contributed by atoms with van der Waals surface area (Å²) in [5.41, 5.74) is 3.96. The number of aromatic nitrogens is 3. The van der Waals surface area contributed by atoms with Crippen molar-refractivity contribution in [3.63, 3.8) is 0 Å². The van der Waals surface area contributed by atoms with Crippen LogP contribution in [0.4, 0.5) is 0 Å². The summed E-state index contributed by atoms with van der Waals surface area (Å²) >= 11 is 2.98. The van der Waals surface area contributed by atoms with Gasteiger partial charge in [-0.1, -0.05) is 67.7 Å². The molecule has 5 aromatic rings. The summed E-state index contributed by atoms with van der Waals surface area (Å²) in [7, 11) is 0. The standard InChI is InChI=1S/C28H25N3O2S2/c1-3-16-33-22-13-11-20(12-14-22)17-31-27(32)25-24(23-6-5-15-29-26(23)35-25)30-28(31)34-18-21-9-7-19(4-2)8-10-21/h4-15H,2-3,16-18H2,1H3. The minimum absolute atomic E-state index is 0.0335. The highest BCUT2D eigenvalue weighted by molar-refractivity contribution is 7.98. The second kappa shape index (κ2) is 10.5. The molecule has 0 aliphatic carbocycles. The molecule has 0 saturated carbocycles. The normalized spacial score (nSPS) is 11.2. The number of ether oxygens (including phenoxy) is 1. The number of fused-ring (bicyclic) bond motifs is 3. The Morgan fingerprint density at radius 2 is 1.86 bits per heavy atom. The van der Waals surface area contributed by atoms with Crippen molar-refractivity contribution in [1.29, 1.82) is 0 Å². The van der Waals surface area contributed by atoms with Crippen LogP contribution in [0, 0.1) is 0 Å². The molecule has 3 heterocycles. The molecule has 5 nitrogen and oxygen atoms in total. The minimum Gasteiger partial charge on any atom is -0.494 e. The van der Waals surface area contributed by atoms with Gasteiger partial charge in [-0.15, -0.1) is 11.3 Å². The Morgan fingerprint density at radius 3 is 2.60 bits per heavy atom. The van der Waals surface area contributed by atoms with Crippen molar-refractivity contribution in [2.24, 2.45) is 0 Å². The fourth-order valence-electron chi connectivity index (χ4n) is 3.78. The van der Waals surface area contributed by atoms with Gasteiger partial charge in [0.1, 0.15) is 15.3 Å². The first kappa shape index (κ1) is 23.3. The molecule has 0 saturated heterocycles. The van der Waals surface area contributed by atoms with E-state index in [4.69, 9.17) is 9.72 Å². The van der Waals surface area contributed by atoms with Gasteiger partial charge in [-0.3, -0.25) is 9.36 Å². The largest absolute Gasteiger partial charge is 0.494 e. The molecule has 35 heavy (non-hydrogen) atoms. The SMILES string of the molecule is C=Cc1ccc(CSc2nc3c(sc4ncccc43)c(=O)n2Cc2ccc(OCCC)cc2)cc1. The Kier molecular flexibility index (Phi) is 6.97. The summed E-state index contributed by atoms with van der Waals surface area (Å²) < 4.78 is 8.13. The van der Waals surface area contributed by atoms with Crippen LogP contribution in [0.1, 0.15) is 30.0 Å². The number of pyridine rings is 1. The first-order valence-electron chi connectivity index (χ1n) is 11.5. The lowest BCUT2D eigenvalue weighted by Crippen LogP contribution is -2.23. The van der Waals surface area contributed by atoms with Crippen LogP contribution in [0.15, 0.2) is 83.4 Å². The van der Waals surface area contributed by atoms with Crippen LogP contribution >= 0.6 is 23.1 Å². The fourth-order valence-corrected chi connectivity index (χ4v) is 5.76. The maximum absolute atomic E-state index is 13.7. The van der Waals surface area contributed by atoms with E-state index in [1.165, 1.54) is 11.3 Å². The van der Waals surface area contributed by atoms with Crippen molar-refractivity contribution < 1.29 is 4.74 Å². The van der Waals surface area contributed by atoms with Gasteiger partial charge in [0.15, 0.2) is 5.16 Å². The summed E-state index contributed by atoms with van der Waals surface area (Å²) in [6.45, 7) is 7.03. The van der Waals surface area contributed by atoms with Crippen LogP contribution in [-0.2, 0) is 12.3 Å². The second-order valence-corrected chi connectivity index (χ2v) is 10.1. The molecular weight excluding hydrogens is 474 g/mol. The Labute approximate surface area is 212 Å². The van der Waals surface area contributed by atoms with E-state index in [1.54, 1.807) is 22.5 Å². The first-order valence-corrected chi connectivity index (χ1v) is 13.3. The molecule has 2 aromatic carbocycles. The number of nitrogens with zero attached hydrogens (tertiary/aromatic N) is 3. The predicted molar refractivity (Wildman–Crippen MR) is 147 cm³/mol.